The van der Waals surface area contributed by atoms with E-state index in [9.17, 15) is 14.4 Å². The summed E-state index contributed by atoms with van der Waals surface area (Å²) in [5.41, 5.74) is 2.00. The van der Waals surface area contributed by atoms with Crippen LogP contribution in [-0.2, 0) is 9.53 Å². The summed E-state index contributed by atoms with van der Waals surface area (Å²) in [5.74, 6) is -1.27. The Labute approximate surface area is 150 Å². The van der Waals surface area contributed by atoms with Gasteiger partial charge in [-0.25, -0.2) is 4.79 Å². The number of carbonyl (C=O) groups is 3. The minimum atomic E-state index is -0.620. The summed E-state index contributed by atoms with van der Waals surface area (Å²) in [6, 6.07) is 10.1. The van der Waals surface area contributed by atoms with Gasteiger partial charge < -0.3 is 15.4 Å². The fraction of sp³-hybridized carbons (Fsp3) is 0.263. The first-order valence-electron chi connectivity index (χ1n) is 8.32. The predicted molar refractivity (Wildman–Crippen MR) is 94.8 cm³/mol. The van der Waals surface area contributed by atoms with Crippen LogP contribution in [0.5, 0.6) is 0 Å². The average molecular weight is 353 g/mol. The normalized spacial score (nSPS) is 13.0. The van der Waals surface area contributed by atoms with Gasteiger partial charge in [0.05, 0.1) is 5.56 Å². The van der Waals surface area contributed by atoms with Crippen molar-refractivity contribution in [1.82, 2.24) is 10.3 Å². The lowest BCUT2D eigenvalue weighted by molar-refractivity contribution is -0.119. The lowest BCUT2D eigenvalue weighted by atomic mass is 10.2. The topological polar surface area (TPSA) is 97.4 Å². The van der Waals surface area contributed by atoms with Gasteiger partial charge in [-0.2, -0.15) is 0 Å². The van der Waals surface area contributed by atoms with Crippen LogP contribution >= 0.6 is 0 Å². The van der Waals surface area contributed by atoms with Crippen LogP contribution in [0, 0.1) is 6.92 Å². The molecule has 2 aromatic rings. The van der Waals surface area contributed by atoms with E-state index in [1.807, 2.05) is 6.92 Å². The zero-order valence-electron chi connectivity index (χ0n) is 14.3. The summed E-state index contributed by atoms with van der Waals surface area (Å²) in [7, 11) is 0. The number of hydrogen-bond acceptors (Lipinski definition) is 5. The molecular formula is C19H19N3O4. The van der Waals surface area contributed by atoms with E-state index >= 15 is 0 Å². The van der Waals surface area contributed by atoms with Gasteiger partial charge in [0.2, 0.25) is 0 Å². The quantitative estimate of drug-likeness (QED) is 0.775. The highest BCUT2D eigenvalue weighted by Crippen LogP contribution is 2.20. The van der Waals surface area contributed by atoms with Crippen LogP contribution in [0.25, 0.3) is 0 Å². The largest absolute Gasteiger partial charge is 0.452 e. The molecule has 3 rings (SSSR count). The zero-order chi connectivity index (χ0) is 18.5. The Bertz CT molecular complexity index is 829. The number of benzene rings is 1. The molecule has 1 fully saturated rings. The van der Waals surface area contributed by atoms with Gasteiger partial charge in [0.1, 0.15) is 0 Å². The minimum absolute atomic E-state index is 0.165. The number of nitrogens with one attached hydrogen (secondary N) is 2. The van der Waals surface area contributed by atoms with Gasteiger partial charge in [-0.3, -0.25) is 14.6 Å². The molecule has 26 heavy (non-hydrogen) atoms. The molecule has 2 N–H and O–H groups in total. The van der Waals surface area contributed by atoms with E-state index in [4.69, 9.17) is 4.74 Å². The van der Waals surface area contributed by atoms with E-state index in [0.29, 0.717) is 11.3 Å². The highest BCUT2D eigenvalue weighted by atomic mass is 16.5. The highest BCUT2D eigenvalue weighted by Gasteiger charge is 2.23. The number of esters is 1. The lowest BCUT2D eigenvalue weighted by Crippen LogP contribution is -2.25. The van der Waals surface area contributed by atoms with Crippen molar-refractivity contribution in [2.24, 2.45) is 0 Å². The van der Waals surface area contributed by atoms with E-state index < -0.39 is 18.5 Å². The Kier molecular flexibility index (Phi) is 5.26. The minimum Gasteiger partial charge on any atom is -0.452 e. The molecule has 0 saturated heterocycles. The predicted octanol–water partition coefficient (Wildman–Crippen LogP) is 2.08. The first-order valence-corrected chi connectivity index (χ1v) is 8.32. The second kappa shape index (κ2) is 7.77. The first kappa shape index (κ1) is 17.6. The van der Waals surface area contributed by atoms with Crippen LogP contribution in [-0.4, -0.2) is 35.4 Å². The number of ether oxygens (including phenoxy) is 1. The fourth-order valence-corrected chi connectivity index (χ4v) is 2.23. The van der Waals surface area contributed by atoms with Crippen molar-refractivity contribution < 1.29 is 19.1 Å². The highest BCUT2D eigenvalue weighted by molar-refractivity contribution is 5.98. The van der Waals surface area contributed by atoms with Gasteiger partial charge >= 0.3 is 5.97 Å². The maximum atomic E-state index is 12.0. The van der Waals surface area contributed by atoms with Crippen molar-refractivity contribution >= 4 is 23.5 Å². The Morgan fingerprint density at radius 1 is 1.15 bits per heavy atom. The molecule has 0 unspecified atom stereocenters. The van der Waals surface area contributed by atoms with Crippen LogP contribution in [0.1, 0.15) is 39.3 Å². The number of pyridine rings is 1. The molecule has 1 aromatic heterocycles. The third-order valence-electron chi connectivity index (χ3n) is 3.80. The Balaban J connectivity index is 1.52. The third kappa shape index (κ3) is 4.89. The fourth-order valence-electron chi connectivity index (χ4n) is 2.23. The number of aromatic nitrogens is 1. The molecule has 134 valence electrons. The summed E-state index contributed by atoms with van der Waals surface area (Å²) in [4.78, 5) is 39.9. The summed E-state index contributed by atoms with van der Waals surface area (Å²) in [6.45, 7) is 1.38. The molecule has 0 radical (unpaired) electrons. The average Bonchev–Trinajstić information content (AvgIpc) is 3.44. The van der Waals surface area contributed by atoms with Gasteiger partial charge in [-0.1, -0.05) is 6.07 Å². The monoisotopic (exact) mass is 353 g/mol. The van der Waals surface area contributed by atoms with Crippen LogP contribution in [0.15, 0.2) is 42.6 Å². The Hall–Kier alpha value is -3.22. The van der Waals surface area contributed by atoms with Crippen LogP contribution in [0.3, 0.4) is 0 Å². The van der Waals surface area contributed by atoms with Crippen LogP contribution in [0.2, 0.25) is 0 Å². The molecule has 0 atom stereocenters. The van der Waals surface area contributed by atoms with Crippen molar-refractivity contribution in [2.75, 3.05) is 11.9 Å². The van der Waals surface area contributed by atoms with Gasteiger partial charge in [0.25, 0.3) is 11.8 Å². The molecule has 1 saturated carbocycles. The van der Waals surface area contributed by atoms with Crippen molar-refractivity contribution in [2.45, 2.75) is 25.8 Å². The van der Waals surface area contributed by atoms with Crippen molar-refractivity contribution in [3.63, 3.8) is 0 Å². The molecule has 2 amide bonds. The SMILES string of the molecule is Cc1ccc(C(=O)OCC(=O)Nc2cccc(C(=O)NC3CC3)c2)cn1. The molecule has 1 heterocycles. The van der Waals surface area contributed by atoms with Gasteiger partial charge in [0.15, 0.2) is 6.61 Å². The van der Waals surface area contributed by atoms with Crippen LogP contribution in [0.4, 0.5) is 5.69 Å². The standard InChI is InChI=1S/C19H19N3O4/c1-12-5-6-14(10-20-12)19(25)26-11-17(23)21-16-4-2-3-13(9-16)18(24)22-15-7-8-15/h2-6,9-10,15H,7-8,11H2,1H3,(H,21,23)(H,22,24). The van der Waals surface area contributed by atoms with Gasteiger partial charge in [-0.15, -0.1) is 0 Å². The van der Waals surface area contributed by atoms with E-state index in [1.165, 1.54) is 6.20 Å². The summed E-state index contributed by atoms with van der Waals surface area (Å²) >= 11 is 0. The number of nitrogens with zero attached hydrogens (tertiary/aromatic N) is 1. The van der Waals surface area contributed by atoms with Gasteiger partial charge in [0, 0.05) is 29.2 Å². The molecule has 7 heteroatoms. The second-order valence-corrected chi connectivity index (χ2v) is 6.14. The summed E-state index contributed by atoms with van der Waals surface area (Å²) < 4.78 is 4.97. The third-order valence-corrected chi connectivity index (χ3v) is 3.80. The number of hydrogen-bond donors (Lipinski definition) is 2. The zero-order valence-corrected chi connectivity index (χ0v) is 14.3. The molecule has 0 bridgehead atoms. The number of aryl methyl sites for hydroxylation is 1. The first-order chi connectivity index (χ1) is 12.5. The molecule has 7 nitrogen and oxygen atoms in total. The number of rotatable bonds is 6. The molecule has 1 aliphatic rings. The molecule has 0 spiro atoms. The van der Waals surface area contributed by atoms with Crippen molar-refractivity contribution in [3.8, 4) is 0 Å². The summed E-state index contributed by atoms with van der Waals surface area (Å²) in [6.07, 6.45) is 3.41. The van der Waals surface area contributed by atoms with E-state index in [-0.39, 0.29) is 17.5 Å². The smallest absolute Gasteiger partial charge is 0.340 e. The second-order valence-electron chi connectivity index (χ2n) is 6.14. The van der Waals surface area contributed by atoms with Crippen molar-refractivity contribution in [1.29, 1.82) is 0 Å². The maximum Gasteiger partial charge on any atom is 0.340 e. The number of amides is 2. The molecular weight excluding hydrogens is 334 g/mol. The van der Waals surface area contributed by atoms with E-state index in [2.05, 4.69) is 15.6 Å². The van der Waals surface area contributed by atoms with Crippen LogP contribution < -0.4 is 10.6 Å². The maximum absolute atomic E-state index is 12.0. The molecule has 1 aliphatic carbocycles. The van der Waals surface area contributed by atoms with Gasteiger partial charge in [-0.05, 0) is 50.1 Å². The Morgan fingerprint density at radius 2 is 1.96 bits per heavy atom. The summed E-state index contributed by atoms with van der Waals surface area (Å²) in [5, 5.41) is 5.50. The van der Waals surface area contributed by atoms with Crippen molar-refractivity contribution in [3.05, 3.63) is 59.4 Å². The molecule has 1 aromatic carbocycles. The van der Waals surface area contributed by atoms with E-state index in [1.54, 1.807) is 36.4 Å². The van der Waals surface area contributed by atoms with E-state index in [0.717, 1.165) is 18.5 Å². The number of anilines is 1. The molecule has 0 aliphatic heterocycles. The lowest BCUT2D eigenvalue weighted by Gasteiger charge is -2.08. The Morgan fingerprint density at radius 3 is 2.65 bits per heavy atom. The number of carbonyl (C=O) groups excluding carboxylic acids is 3.